The highest BCUT2D eigenvalue weighted by atomic mass is 35.5. The molecular weight excluding hydrogens is 318 g/mol. The van der Waals surface area contributed by atoms with Crippen molar-refractivity contribution in [3.8, 4) is 0 Å². The van der Waals surface area contributed by atoms with Crippen molar-refractivity contribution < 1.29 is 9.59 Å². The SMILES string of the molecule is O=C1CNC(=O)N1CCCCNc1ncnc2cc(Cl)ccc12. The predicted molar refractivity (Wildman–Crippen MR) is 87.4 cm³/mol. The molecule has 0 aliphatic carbocycles. The molecule has 1 fully saturated rings. The van der Waals surface area contributed by atoms with E-state index in [-0.39, 0.29) is 18.5 Å². The topological polar surface area (TPSA) is 87.2 Å². The maximum absolute atomic E-state index is 11.4. The summed E-state index contributed by atoms with van der Waals surface area (Å²) in [7, 11) is 0. The summed E-state index contributed by atoms with van der Waals surface area (Å²) in [6.45, 7) is 1.23. The molecule has 0 radical (unpaired) electrons. The number of rotatable bonds is 6. The molecule has 1 aromatic carbocycles. The van der Waals surface area contributed by atoms with Crippen molar-refractivity contribution in [2.45, 2.75) is 12.8 Å². The number of amides is 3. The van der Waals surface area contributed by atoms with Gasteiger partial charge < -0.3 is 10.6 Å². The molecule has 7 nitrogen and oxygen atoms in total. The number of aromatic nitrogens is 2. The van der Waals surface area contributed by atoms with Crippen LogP contribution in [0.5, 0.6) is 0 Å². The molecule has 2 heterocycles. The number of carbonyl (C=O) groups excluding carboxylic acids is 2. The first-order chi connectivity index (χ1) is 11.1. The molecule has 0 atom stereocenters. The van der Waals surface area contributed by atoms with Gasteiger partial charge in [0.15, 0.2) is 0 Å². The van der Waals surface area contributed by atoms with E-state index in [1.165, 1.54) is 11.2 Å². The summed E-state index contributed by atoms with van der Waals surface area (Å²) in [5.74, 6) is 0.586. The quantitative estimate of drug-likeness (QED) is 0.624. The van der Waals surface area contributed by atoms with Gasteiger partial charge in [-0.15, -0.1) is 0 Å². The zero-order valence-electron chi connectivity index (χ0n) is 12.4. The molecule has 2 N–H and O–H groups in total. The molecule has 0 spiro atoms. The molecule has 3 amide bonds. The van der Waals surface area contributed by atoms with E-state index < -0.39 is 0 Å². The summed E-state index contributed by atoms with van der Waals surface area (Å²) in [6, 6.07) is 5.17. The number of fused-ring (bicyclic) bond motifs is 1. The minimum atomic E-state index is -0.304. The lowest BCUT2D eigenvalue weighted by Gasteiger charge is -2.12. The van der Waals surface area contributed by atoms with Crippen LogP contribution in [-0.2, 0) is 4.79 Å². The van der Waals surface area contributed by atoms with E-state index >= 15 is 0 Å². The molecule has 8 heteroatoms. The second-order valence-corrected chi connectivity index (χ2v) is 5.66. The van der Waals surface area contributed by atoms with Crippen LogP contribution < -0.4 is 10.6 Å². The van der Waals surface area contributed by atoms with Crippen LogP contribution in [0.25, 0.3) is 10.9 Å². The molecule has 1 aliphatic rings. The van der Waals surface area contributed by atoms with Crippen molar-refractivity contribution in [1.82, 2.24) is 20.2 Å². The molecule has 0 bridgehead atoms. The highest BCUT2D eigenvalue weighted by Crippen LogP contribution is 2.22. The minimum absolute atomic E-state index is 0.104. The smallest absolute Gasteiger partial charge is 0.324 e. The number of imide groups is 1. The second-order valence-electron chi connectivity index (χ2n) is 5.22. The van der Waals surface area contributed by atoms with Gasteiger partial charge in [-0.05, 0) is 31.0 Å². The van der Waals surface area contributed by atoms with Crippen molar-refractivity contribution in [2.24, 2.45) is 0 Å². The zero-order valence-corrected chi connectivity index (χ0v) is 13.1. The van der Waals surface area contributed by atoms with Crippen LogP contribution in [-0.4, -0.2) is 46.4 Å². The molecule has 0 unspecified atom stereocenters. The molecule has 1 aliphatic heterocycles. The Kier molecular flexibility index (Phi) is 4.57. The van der Waals surface area contributed by atoms with E-state index in [0.29, 0.717) is 18.1 Å². The van der Waals surface area contributed by atoms with Crippen LogP contribution in [0.2, 0.25) is 5.02 Å². The van der Waals surface area contributed by atoms with Crippen molar-refractivity contribution >= 4 is 40.3 Å². The van der Waals surface area contributed by atoms with E-state index in [9.17, 15) is 9.59 Å². The Morgan fingerprint density at radius 1 is 1.26 bits per heavy atom. The first-order valence-corrected chi connectivity index (χ1v) is 7.75. The van der Waals surface area contributed by atoms with E-state index in [4.69, 9.17) is 11.6 Å². The lowest BCUT2D eigenvalue weighted by atomic mass is 10.2. The first-order valence-electron chi connectivity index (χ1n) is 7.37. The monoisotopic (exact) mass is 333 g/mol. The van der Waals surface area contributed by atoms with Crippen LogP contribution in [0.1, 0.15) is 12.8 Å². The van der Waals surface area contributed by atoms with Gasteiger partial charge >= 0.3 is 6.03 Å². The molecule has 3 rings (SSSR count). The summed E-state index contributed by atoms with van der Waals surface area (Å²) in [5, 5.41) is 7.30. The maximum Gasteiger partial charge on any atom is 0.324 e. The second kappa shape index (κ2) is 6.78. The lowest BCUT2D eigenvalue weighted by molar-refractivity contribution is -0.125. The zero-order chi connectivity index (χ0) is 16.2. The van der Waals surface area contributed by atoms with Crippen molar-refractivity contribution in [3.63, 3.8) is 0 Å². The van der Waals surface area contributed by atoms with E-state index in [2.05, 4.69) is 20.6 Å². The van der Waals surface area contributed by atoms with Gasteiger partial charge in [-0.1, -0.05) is 11.6 Å². The van der Waals surface area contributed by atoms with Crippen LogP contribution in [0.4, 0.5) is 10.6 Å². The Morgan fingerprint density at radius 2 is 2.13 bits per heavy atom. The largest absolute Gasteiger partial charge is 0.369 e. The third-order valence-corrected chi connectivity index (χ3v) is 3.87. The highest BCUT2D eigenvalue weighted by Gasteiger charge is 2.27. The fourth-order valence-corrected chi connectivity index (χ4v) is 2.62. The van der Waals surface area contributed by atoms with Crippen LogP contribution in [0.15, 0.2) is 24.5 Å². The lowest BCUT2D eigenvalue weighted by Crippen LogP contribution is -2.32. The van der Waals surface area contributed by atoms with Crippen LogP contribution >= 0.6 is 11.6 Å². The molecule has 23 heavy (non-hydrogen) atoms. The van der Waals surface area contributed by atoms with Gasteiger partial charge in [-0.2, -0.15) is 0 Å². The summed E-state index contributed by atoms with van der Waals surface area (Å²) in [4.78, 5) is 32.5. The number of urea groups is 1. The van der Waals surface area contributed by atoms with E-state index in [1.807, 2.05) is 6.07 Å². The predicted octanol–water partition coefficient (Wildman–Crippen LogP) is 2.03. The van der Waals surface area contributed by atoms with Gasteiger partial charge in [0, 0.05) is 23.5 Å². The number of nitrogens with zero attached hydrogens (tertiary/aromatic N) is 3. The number of hydrogen-bond acceptors (Lipinski definition) is 5. The van der Waals surface area contributed by atoms with Gasteiger partial charge in [0.05, 0.1) is 12.1 Å². The molecule has 1 aromatic heterocycles. The normalized spacial score (nSPS) is 14.4. The van der Waals surface area contributed by atoms with Crippen molar-refractivity contribution in [2.75, 3.05) is 25.0 Å². The van der Waals surface area contributed by atoms with E-state index in [0.717, 1.165) is 29.6 Å². The van der Waals surface area contributed by atoms with Crippen LogP contribution in [0.3, 0.4) is 0 Å². The van der Waals surface area contributed by atoms with Gasteiger partial charge in [-0.3, -0.25) is 9.69 Å². The maximum atomic E-state index is 11.4. The summed E-state index contributed by atoms with van der Waals surface area (Å²) < 4.78 is 0. The Morgan fingerprint density at radius 3 is 2.91 bits per heavy atom. The first kappa shape index (κ1) is 15.5. The number of carbonyl (C=O) groups is 2. The van der Waals surface area contributed by atoms with Gasteiger partial charge in [0.25, 0.3) is 0 Å². The third kappa shape index (κ3) is 3.50. The fourth-order valence-electron chi connectivity index (χ4n) is 2.45. The minimum Gasteiger partial charge on any atom is -0.369 e. The molecular formula is C15H16ClN5O2. The number of unbranched alkanes of at least 4 members (excludes halogenated alkanes) is 1. The number of anilines is 1. The Balaban J connectivity index is 1.51. The van der Waals surface area contributed by atoms with Gasteiger partial charge in [0.1, 0.15) is 12.1 Å². The van der Waals surface area contributed by atoms with Gasteiger partial charge in [-0.25, -0.2) is 14.8 Å². The molecule has 2 aromatic rings. The molecule has 120 valence electrons. The van der Waals surface area contributed by atoms with Crippen molar-refractivity contribution in [1.29, 1.82) is 0 Å². The Bertz CT molecular complexity index is 736. The van der Waals surface area contributed by atoms with Crippen LogP contribution in [0, 0.1) is 0 Å². The molecule has 0 saturated carbocycles. The third-order valence-electron chi connectivity index (χ3n) is 3.64. The Hall–Kier alpha value is -2.41. The summed E-state index contributed by atoms with van der Waals surface area (Å²) in [5.41, 5.74) is 0.786. The average Bonchev–Trinajstić information content (AvgIpc) is 2.86. The number of halogens is 1. The van der Waals surface area contributed by atoms with Crippen molar-refractivity contribution in [3.05, 3.63) is 29.5 Å². The van der Waals surface area contributed by atoms with Gasteiger partial charge in [0.2, 0.25) is 5.91 Å². The average molecular weight is 334 g/mol. The summed E-state index contributed by atoms with van der Waals surface area (Å²) >= 11 is 5.96. The number of nitrogens with one attached hydrogen (secondary N) is 2. The fraction of sp³-hybridized carbons (Fsp3) is 0.333. The summed E-state index contributed by atoms with van der Waals surface area (Å²) in [6.07, 6.45) is 3.05. The standard InChI is InChI=1S/C15H16ClN5O2/c16-10-3-4-11-12(7-10)19-9-20-14(11)17-5-1-2-6-21-13(22)8-18-15(21)23/h3-4,7,9H,1-2,5-6,8H2,(H,18,23)(H,17,19,20). The highest BCUT2D eigenvalue weighted by molar-refractivity contribution is 6.31. The number of benzene rings is 1. The number of hydrogen-bond donors (Lipinski definition) is 2. The van der Waals surface area contributed by atoms with E-state index in [1.54, 1.807) is 12.1 Å². The molecule has 1 saturated heterocycles. The Labute approximate surface area is 138 Å².